The van der Waals surface area contributed by atoms with Gasteiger partial charge in [0.2, 0.25) is 0 Å². The van der Waals surface area contributed by atoms with Gasteiger partial charge in [0.15, 0.2) is 0 Å². The molecule has 0 radical (unpaired) electrons. The van der Waals surface area contributed by atoms with Gasteiger partial charge in [-0.05, 0) is 18.4 Å². The van der Waals surface area contributed by atoms with Crippen molar-refractivity contribution < 1.29 is 9.90 Å². The molecule has 18 heavy (non-hydrogen) atoms. The topological polar surface area (TPSA) is 53.4 Å². The summed E-state index contributed by atoms with van der Waals surface area (Å²) in [4.78, 5) is 18.6. The molecule has 2 rings (SSSR count). The van der Waals surface area contributed by atoms with E-state index < -0.39 is 0 Å². The van der Waals surface area contributed by atoms with Crippen LogP contribution in [0, 0.1) is 0 Å². The van der Waals surface area contributed by atoms with Gasteiger partial charge in [-0.1, -0.05) is 0 Å². The molecule has 0 atom stereocenters. The first-order valence-corrected chi connectivity index (χ1v) is 7.40. The number of amides is 1. The minimum atomic E-state index is -0.0643. The number of carbonyl (C=O) groups is 1. The van der Waals surface area contributed by atoms with E-state index in [9.17, 15) is 4.79 Å². The van der Waals surface area contributed by atoms with E-state index in [2.05, 4.69) is 4.98 Å². The van der Waals surface area contributed by atoms with Crippen LogP contribution in [0.25, 0.3) is 10.6 Å². The number of aliphatic hydroxyl groups is 1. The van der Waals surface area contributed by atoms with E-state index in [-0.39, 0.29) is 12.5 Å². The fraction of sp³-hybridized carbons (Fsp3) is 0.333. The second-order valence-corrected chi connectivity index (χ2v) is 5.46. The fourth-order valence-electron chi connectivity index (χ4n) is 1.57. The molecule has 4 nitrogen and oxygen atoms in total. The van der Waals surface area contributed by atoms with Crippen LogP contribution in [0.2, 0.25) is 0 Å². The molecule has 0 aromatic carbocycles. The lowest BCUT2D eigenvalue weighted by Gasteiger charge is -2.18. The lowest BCUT2D eigenvalue weighted by atomic mass is 10.4. The first-order chi connectivity index (χ1) is 8.76. The van der Waals surface area contributed by atoms with Crippen LogP contribution in [-0.2, 0) is 0 Å². The predicted octanol–water partition coefficient (Wildman–Crippen LogP) is 2.33. The van der Waals surface area contributed by atoms with E-state index in [1.54, 1.807) is 22.4 Å². The van der Waals surface area contributed by atoms with Gasteiger partial charge in [0.1, 0.15) is 9.88 Å². The molecule has 0 aliphatic heterocycles. The smallest absolute Gasteiger partial charge is 0.265 e. The molecule has 0 aliphatic carbocycles. The predicted molar refractivity (Wildman–Crippen MR) is 74.1 cm³/mol. The molecule has 1 N–H and O–H groups in total. The monoisotopic (exact) mass is 282 g/mol. The van der Waals surface area contributed by atoms with Crippen molar-refractivity contribution in [1.82, 2.24) is 9.88 Å². The van der Waals surface area contributed by atoms with Crippen molar-refractivity contribution >= 4 is 28.6 Å². The Balaban J connectivity index is 2.17. The van der Waals surface area contributed by atoms with Gasteiger partial charge in [-0.2, -0.15) is 11.3 Å². The molecule has 2 heterocycles. The number of rotatable bonds is 5. The SMILES string of the molecule is CCN(CCO)C(=O)c1cnc(-c2ccsc2)s1. The first kappa shape index (κ1) is 13.2. The summed E-state index contributed by atoms with van der Waals surface area (Å²) in [6.45, 7) is 2.83. The van der Waals surface area contributed by atoms with E-state index in [4.69, 9.17) is 5.11 Å². The minimum Gasteiger partial charge on any atom is -0.395 e. The summed E-state index contributed by atoms with van der Waals surface area (Å²) in [5, 5.41) is 13.8. The average molecular weight is 282 g/mol. The van der Waals surface area contributed by atoms with Crippen LogP contribution >= 0.6 is 22.7 Å². The van der Waals surface area contributed by atoms with Crippen LogP contribution in [0.4, 0.5) is 0 Å². The Morgan fingerprint density at radius 3 is 3.00 bits per heavy atom. The van der Waals surface area contributed by atoms with Crippen molar-refractivity contribution in [2.75, 3.05) is 19.7 Å². The van der Waals surface area contributed by atoms with Gasteiger partial charge in [-0.25, -0.2) is 4.98 Å². The van der Waals surface area contributed by atoms with Crippen LogP contribution in [0.1, 0.15) is 16.6 Å². The number of carbonyl (C=O) groups excluding carboxylic acids is 1. The highest BCUT2D eigenvalue weighted by atomic mass is 32.1. The Labute approximate surface area is 114 Å². The van der Waals surface area contributed by atoms with Crippen molar-refractivity contribution in [1.29, 1.82) is 0 Å². The minimum absolute atomic E-state index is 0.0181. The van der Waals surface area contributed by atoms with Crippen LogP contribution in [0.5, 0.6) is 0 Å². The van der Waals surface area contributed by atoms with Gasteiger partial charge in [0.25, 0.3) is 5.91 Å². The molecule has 0 saturated carbocycles. The van der Waals surface area contributed by atoms with Gasteiger partial charge < -0.3 is 10.0 Å². The van der Waals surface area contributed by atoms with Crippen LogP contribution < -0.4 is 0 Å². The molecule has 96 valence electrons. The fourth-order valence-corrected chi connectivity index (χ4v) is 3.17. The number of aromatic nitrogens is 1. The number of likely N-dealkylation sites (N-methyl/N-ethyl adjacent to an activating group) is 1. The molecular formula is C12H14N2O2S2. The molecule has 6 heteroatoms. The molecule has 0 aliphatic rings. The maximum absolute atomic E-state index is 12.1. The van der Waals surface area contributed by atoms with E-state index in [1.165, 1.54) is 11.3 Å². The number of hydrogen-bond acceptors (Lipinski definition) is 5. The zero-order chi connectivity index (χ0) is 13.0. The van der Waals surface area contributed by atoms with Gasteiger partial charge in [-0.15, -0.1) is 11.3 Å². The van der Waals surface area contributed by atoms with Crippen LogP contribution in [-0.4, -0.2) is 40.6 Å². The van der Waals surface area contributed by atoms with E-state index in [1.807, 2.05) is 23.8 Å². The van der Waals surface area contributed by atoms with Crippen LogP contribution in [0.15, 0.2) is 23.0 Å². The molecule has 0 fully saturated rings. The van der Waals surface area contributed by atoms with E-state index in [0.29, 0.717) is 18.0 Å². The van der Waals surface area contributed by atoms with Gasteiger partial charge in [0.05, 0.1) is 12.8 Å². The standard InChI is InChI=1S/C12H14N2O2S2/c1-2-14(4-5-15)12(16)10-7-13-11(18-10)9-3-6-17-8-9/h3,6-8,15H,2,4-5H2,1H3. The Hall–Kier alpha value is -1.24. The van der Waals surface area contributed by atoms with Crippen molar-refractivity contribution in [2.24, 2.45) is 0 Å². The lowest BCUT2D eigenvalue weighted by molar-refractivity contribution is 0.0736. The highest BCUT2D eigenvalue weighted by Gasteiger charge is 2.17. The van der Waals surface area contributed by atoms with Crippen molar-refractivity contribution in [3.8, 4) is 10.6 Å². The third-order valence-electron chi connectivity index (χ3n) is 2.52. The number of nitrogens with zero attached hydrogens (tertiary/aromatic N) is 2. The summed E-state index contributed by atoms with van der Waals surface area (Å²) in [5.41, 5.74) is 1.05. The zero-order valence-electron chi connectivity index (χ0n) is 10.00. The lowest BCUT2D eigenvalue weighted by Crippen LogP contribution is -2.32. The molecule has 0 spiro atoms. The normalized spacial score (nSPS) is 10.6. The number of hydrogen-bond donors (Lipinski definition) is 1. The number of thiophene rings is 1. The summed E-state index contributed by atoms with van der Waals surface area (Å²) in [6, 6.07) is 1.99. The van der Waals surface area contributed by atoms with Crippen molar-refractivity contribution in [2.45, 2.75) is 6.92 Å². The second kappa shape index (κ2) is 6.08. The summed E-state index contributed by atoms with van der Waals surface area (Å²) in [6.07, 6.45) is 1.61. The quantitative estimate of drug-likeness (QED) is 0.915. The van der Waals surface area contributed by atoms with Crippen LogP contribution in [0.3, 0.4) is 0 Å². The summed E-state index contributed by atoms with van der Waals surface area (Å²) < 4.78 is 0. The maximum Gasteiger partial charge on any atom is 0.265 e. The third kappa shape index (κ3) is 2.77. The summed E-state index contributed by atoms with van der Waals surface area (Å²) in [5.74, 6) is -0.0643. The highest BCUT2D eigenvalue weighted by Crippen LogP contribution is 2.27. The Morgan fingerprint density at radius 1 is 1.56 bits per heavy atom. The number of aliphatic hydroxyl groups excluding tert-OH is 1. The Kier molecular flexibility index (Phi) is 4.46. The van der Waals surface area contributed by atoms with E-state index >= 15 is 0 Å². The molecule has 2 aromatic rings. The van der Waals surface area contributed by atoms with Gasteiger partial charge in [0, 0.05) is 24.0 Å². The maximum atomic E-state index is 12.1. The molecule has 2 aromatic heterocycles. The van der Waals surface area contributed by atoms with E-state index in [0.717, 1.165) is 10.6 Å². The summed E-state index contributed by atoms with van der Waals surface area (Å²) >= 11 is 3.00. The molecule has 0 bridgehead atoms. The third-order valence-corrected chi connectivity index (χ3v) is 4.24. The Morgan fingerprint density at radius 2 is 2.39 bits per heavy atom. The molecule has 0 unspecified atom stereocenters. The van der Waals surface area contributed by atoms with Gasteiger partial charge >= 0.3 is 0 Å². The second-order valence-electron chi connectivity index (χ2n) is 3.65. The average Bonchev–Trinajstić information content (AvgIpc) is 3.04. The highest BCUT2D eigenvalue weighted by molar-refractivity contribution is 7.17. The summed E-state index contributed by atoms with van der Waals surface area (Å²) in [7, 11) is 0. The number of thiazole rings is 1. The Bertz CT molecular complexity index is 508. The van der Waals surface area contributed by atoms with Crippen molar-refractivity contribution in [3.05, 3.63) is 27.9 Å². The first-order valence-electron chi connectivity index (χ1n) is 5.64. The molecule has 1 amide bonds. The molecule has 0 saturated heterocycles. The van der Waals surface area contributed by atoms with Crippen molar-refractivity contribution in [3.63, 3.8) is 0 Å². The molecular weight excluding hydrogens is 268 g/mol. The van der Waals surface area contributed by atoms with Gasteiger partial charge in [-0.3, -0.25) is 4.79 Å². The largest absolute Gasteiger partial charge is 0.395 e. The zero-order valence-corrected chi connectivity index (χ0v) is 11.6.